The summed E-state index contributed by atoms with van der Waals surface area (Å²) in [7, 11) is 0. The summed E-state index contributed by atoms with van der Waals surface area (Å²) in [5.74, 6) is 0.572. The van der Waals surface area contributed by atoms with Crippen LogP contribution in [0, 0.1) is 11.3 Å². The molecule has 0 bridgehead atoms. The molecule has 0 aromatic heterocycles. The van der Waals surface area contributed by atoms with Crippen molar-refractivity contribution in [3.63, 3.8) is 0 Å². The third-order valence-electron chi connectivity index (χ3n) is 4.23. The highest BCUT2D eigenvalue weighted by atomic mass is 16.3. The average Bonchev–Trinajstić information content (AvgIpc) is 2.82. The Hall–Kier alpha value is -0.570. The van der Waals surface area contributed by atoms with Crippen LogP contribution in [0.5, 0.6) is 0 Å². The van der Waals surface area contributed by atoms with E-state index in [1.165, 1.54) is 0 Å². The molecule has 17 heavy (non-hydrogen) atoms. The van der Waals surface area contributed by atoms with E-state index in [1.54, 1.807) is 0 Å². The van der Waals surface area contributed by atoms with Gasteiger partial charge in [-0.3, -0.25) is 4.79 Å². The zero-order valence-electron chi connectivity index (χ0n) is 11.3. The van der Waals surface area contributed by atoms with Crippen LogP contribution in [-0.4, -0.2) is 34.6 Å². The number of hydrogen-bond acceptors (Lipinski definition) is 2. The van der Waals surface area contributed by atoms with Gasteiger partial charge in [0.1, 0.15) is 0 Å². The van der Waals surface area contributed by atoms with Crippen LogP contribution in [0.2, 0.25) is 0 Å². The van der Waals surface area contributed by atoms with Crippen LogP contribution in [-0.2, 0) is 4.79 Å². The van der Waals surface area contributed by atoms with E-state index >= 15 is 0 Å². The fraction of sp³-hybridized carbons (Fsp3) is 0.929. The highest BCUT2D eigenvalue weighted by Gasteiger charge is 2.42. The maximum absolute atomic E-state index is 12.4. The summed E-state index contributed by atoms with van der Waals surface area (Å²) in [5, 5.41) is 10.0. The van der Waals surface area contributed by atoms with E-state index in [-0.39, 0.29) is 17.4 Å². The molecule has 0 spiro atoms. The number of likely N-dealkylation sites (tertiary alicyclic amines) is 1. The number of carbonyl (C=O) groups is 1. The topological polar surface area (TPSA) is 40.5 Å². The van der Waals surface area contributed by atoms with Gasteiger partial charge in [0.05, 0.1) is 6.10 Å². The van der Waals surface area contributed by atoms with Gasteiger partial charge in [-0.15, -0.1) is 0 Å². The molecule has 2 aliphatic rings. The molecule has 2 rings (SSSR count). The molecular formula is C14H25NO2. The van der Waals surface area contributed by atoms with E-state index in [0.717, 1.165) is 38.6 Å². The summed E-state index contributed by atoms with van der Waals surface area (Å²) in [6, 6.07) is 0.291. The van der Waals surface area contributed by atoms with Crippen LogP contribution >= 0.6 is 0 Å². The van der Waals surface area contributed by atoms with Gasteiger partial charge in [-0.05, 0) is 25.7 Å². The van der Waals surface area contributed by atoms with E-state index in [9.17, 15) is 9.90 Å². The lowest BCUT2D eigenvalue weighted by Crippen LogP contribution is -2.46. The Morgan fingerprint density at radius 1 is 1.18 bits per heavy atom. The molecule has 1 heterocycles. The van der Waals surface area contributed by atoms with Crippen molar-refractivity contribution in [3.8, 4) is 0 Å². The summed E-state index contributed by atoms with van der Waals surface area (Å²) in [6.45, 7) is 6.82. The number of hydrogen-bond donors (Lipinski definition) is 1. The van der Waals surface area contributed by atoms with Crippen molar-refractivity contribution in [2.75, 3.05) is 6.54 Å². The minimum absolute atomic E-state index is 0.187. The Morgan fingerprint density at radius 3 is 2.41 bits per heavy atom. The smallest absolute Gasteiger partial charge is 0.228 e. The van der Waals surface area contributed by atoms with Gasteiger partial charge in [-0.25, -0.2) is 0 Å². The molecule has 3 heteroatoms. The first kappa shape index (κ1) is 12.9. The minimum atomic E-state index is -0.299. The van der Waals surface area contributed by atoms with Crippen molar-refractivity contribution in [3.05, 3.63) is 0 Å². The molecule has 98 valence electrons. The third-order valence-corrected chi connectivity index (χ3v) is 4.23. The summed E-state index contributed by atoms with van der Waals surface area (Å²) < 4.78 is 0. The second kappa shape index (κ2) is 4.60. The zero-order valence-corrected chi connectivity index (χ0v) is 11.3. The fourth-order valence-electron chi connectivity index (χ4n) is 3.34. The molecule has 2 fully saturated rings. The van der Waals surface area contributed by atoms with E-state index in [2.05, 4.69) is 0 Å². The van der Waals surface area contributed by atoms with Crippen LogP contribution in [0.15, 0.2) is 0 Å². The predicted molar refractivity (Wildman–Crippen MR) is 67.5 cm³/mol. The predicted octanol–water partition coefficient (Wildman–Crippen LogP) is 2.18. The molecule has 1 aliphatic carbocycles. The first-order valence-electron chi connectivity index (χ1n) is 6.90. The largest absolute Gasteiger partial charge is 0.393 e. The average molecular weight is 239 g/mol. The maximum Gasteiger partial charge on any atom is 0.228 e. The lowest BCUT2D eigenvalue weighted by Gasteiger charge is -2.35. The lowest BCUT2D eigenvalue weighted by molar-refractivity contribution is -0.141. The van der Waals surface area contributed by atoms with Gasteiger partial charge in [0, 0.05) is 23.9 Å². The fourth-order valence-corrected chi connectivity index (χ4v) is 3.34. The molecule has 0 aromatic carbocycles. The Labute approximate surface area is 104 Å². The molecule has 1 N–H and O–H groups in total. The van der Waals surface area contributed by atoms with Crippen LogP contribution in [0.3, 0.4) is 0 Å². The second-order valence-electron chi connectivity index (χ2n) is 6.62. The molecular weight excluding hydrogens is 214 g/mol. The summed E-state index contributed by atoms with van der Waals surface area (Å²) in [4.78, 5) is 14.4. The molecule has 3 atom stereocenters. The van der Waals surface area contributed by atoms with Gasteiger partial charge in [-0.2, -0.15) is 0 Å². The molecule has 0 radical (unpaired) electrons. The zero-order chi connectivity index (χ0) is 12.6. The Morgan fingerprint density at radius 2 is 1.88 bits per heavy atom. The molecule has 3 nitrogen and oxygen atoms in total. The number of amides is 1. The van der Waals surface area contributed by atoms with E-state index < -0.39 is 0 Å². The van der Waals surface area contributed by atoms with Crippen molar-refractivity contribution in [1.82, 2.24) is 4.90 Å². The highest BCUT2D eigenvalue weighted by Crippen LogP contribution is 2.37. The third kappa shape index (κ3) is 2.49. The quantitative estimate of drug-likeness (QED) is 0.762. The van der Waals surface area contributed by atoms with E-state index in [0.29, 0.717) is 12.0 Å². The number of aliphatic hydroxyl groups is 1. The molecule has 1 saturated heterocycles. The maximum atomic E-state index is 12.4. The van der Waals surface area contributed by atoms with Crippen molar-refractivity contribution in [1.29, 1.82) is 0 Å². The lowest BCUT2D eigenvalue weighted by atomic mass is 9.90. The Balaban J connectivity index is 2.10. The molecule has 1 amide bonds. The van der Waals surface area contributed by atoms with Crippen LogP contribution in [0.1, 0.15) is 52.9 Å². The highest BCUT2D eigenvalue weighted by molar-refractivity contribution is 5.82. The van der Waals surface area contributed by atoms with Crippen molar-refractivity contribution in [2.24, 2.45) is 11.3 Å². The molecule has 1 aliphatic heterocycles. The van der Waals surface area contributed by atoms with Crippen LogP contribution in [0.4, 0.5) is 0 Å². The van der Waals surface area contributed by atoms with Gasteiger partial charge in [0.15, 0.2) is 0 Å². The summed E-state index contributed by atoms with van der Waals surface area (Å²) >= 11 is 0. The Bertz CT molecular complexity index is 295. The van der Waals surface area contributed by atoms with Gasteiger partial charge in [0.25, 0.3) is 0 Å². The van der Waals surface area contributed by atoms with Gasteiger partial charge < -0.3 is 10.0 Å². The normalized spacial score (nSPS) is 34.4. The van der Waals surface area contributed by atoms with Gasteiger partial charge >= 0.3 is 0 Å². The number of carbonyl (C=O) groups excluding carboxylic acids is 1. The first-order valence-corrected chi connectivity index (χ1v) is 6.90. The van der Waals surface area contributed by atoms with Gasteiger partial charge in [0.2, 0.25) is 5.91 Å². The van der Waals surface area contributed by atoms with Crippen molar-refractivity contribution < 1.29 is 9.90 Å². The molecule has 0 aromatic rings. The SMILES string of the molecule is CC(C)(C)C(=O)N1CCCC1C1CCCC1O. The number of rotatable bonds is 1. The Kier molecular flexibility index (Phi) is 3.48. The molecule has 1 saturated carbocycles. The van der Waals surface area contributed by atoms with Crippen molar-refractivity contribution in [2.45, 2.75) is 65.0 Å². The monoisotopic (exact) mass is 239 g/mol. The summed E-state index contributed by atoms with van der Waals surface area (Å²) in [5.41, 5.74) is -0.299. The van der Waals surface area contributed by atoms with E-state index in [4.69, 9.17) is 0 Å². The number of nitrogens with zero attached hydrogens (tertiary/aromatic N) is 1. The first-order chi connectivity index (χ1) is 7.91. The van der Waals surface area contributed by atoms with Crippen LogP contribution in [0.25, 0.3) is 0 Å². The standard InChI is InChI=1S/C14H25NO2/c1-14(2,3)13(17)15-9-5-7-11(15)10-6-4-8-12(10)16/h10-12,16H,4-9H2,1-3H3. The van der Waals surface area contributed by atoms with Crippen LogP contribution < -0.4 is 0 Å². The van der Waals surface area contributed by atoms with Gasteiger partial charge in [-0.1, -0.05) is 27.2 Å². The van der Waals surface area contributed by atoms with E-state index in [1.807, 2.05) is 25.7 Å². The molecule has 3 unspecified atom stereocenters. The number of aliphatic hydroxyl groups excluding tert-OH is 1. The van der Waals surface area contributed by atoms with Crippen molar-refractivity contribution >= 4 is 5.91 Å². The second-order valence-corrected chi connectivity index (χ2v) is 6.62. The summed E-state index contributed by atoms with van der Waals surface area (Å²) in [6.07, 6.45) is 5.09. The minimum Gasteiger partial charge on any atom is -0.393 e.